The Hall–Kier alpha value is -1.92. The smallest absolute Gasteiger partial charge is 0.303 e. The van der Waals surface area contributed by atoms with Crippen LogP contribution in [0.1, 0.15) is 32.2 Å². The van der Waals surface area contributed by atoms with E-state index in [1.54, 1.807) is 6.92 Å². The van der Waals surface area contributed by atoms with Crippen LogP contribution in [-0.4, -0.2) is 38.3 Å². The van der Waals surface area contributed by atoms with Gasteiger partial charge >= 0.3 is 5.97 Å². The zero-order chi connectivity index (χ0) is 12.7. The number of nitrogens with zero attached hydrogens (tertiary/aromatic N) is 3. The number of carboxylic acids is 1. The minimum Gasteiger partial charge on any atom is -0.481 e. The van der Waals surface area contributed by atoms with E-state index in [0.29, 0.717) is 19.4 Å². The number of hydrogen-bond acceptors (Lipinski definition) is 4. The Balaban J connectivity index is 2.19. The van der Waals surface area contributed by atoms with Gasteiger partial charge in [-0.1, -0.05) is 0 Å². The van der Waals surface area contributed by atoms with Crippen molar-refractivity contribution in [1.29, 1.82) is 0 Å². The van der Waals surface area contributed by atoms with Crippen LogP contribution < -0.4 is 5.32 Å². The molecule has 2 N–H and O–H groups in total. The summed E-state index contributed by atoms with van der Waals surface area (Å²) in [6, 6.07) is -0.406. The third kappa shape index (κ3) is 4.62. The van der Waals surface area contributed by atoms with E-state index in [1.165, 1.54) is 17.3 Å². The molecule has 1 aromatic rings. The van der Waals surface area contributed by atoms with E-state index in [2.05, 4.69) is 15.4 Å². The summed E-state index contributed by atoms with van der Waals surface area (Å²) in [7, 11) is 0. The molecule has 0 saturated carbocycles. The lowest BCUT2D eigenvalue weighted by molar-refractivity contribution is -0.137. The molecule has 7 nitrogen and oxygen atoms in total. The van der Waals surface area contributed by atoms with Gasteiger partial charge in [-0.05, 0) is 19.8 Å². The quantitative estimate of drug-likeness (QED) is 0.664. The number of carboxylic acid groups (broad SMARTS) is 1. The van der Waals surface area contributed by atoms with Gasteiger partial charge < -0.3 is 10.4 Å². The maximum Gasteiger partial charge on any atom is 0.303 e. The predicted octanol–water partition coefficient (Wildman–Crippen LogP) is 0.210. The Morgan fingerprint density at radius 3 is 2.82 bits per heavy atom. The molecule has 0 fully saturated rings. The van der Waals surface area contributed by atoms with E-state index in [4.69, 9.17) is 5.11 Å². The van der Waals surface area contributed by atoms with Gasteiger partial charge in [-0.3, -0.25) is 9.59 Å². The molecule has 1 amide bonds. The van der Waals surface area contributed by atoms with Crippen molar-refractivity contribution in [3.8, 4) is 0 Å². The van der Waals surface area contributed by atoms with E-state index < -0.39 is 12.0 Å². The normalized spacial score (nSPS) is 12.1. The van der Waals surface area contributed by atoms with Crippen LogP contribution in [0, 0.1) is 0 Å². The largest absolute Gasteiger partial charge is 0.481 e. The highest BCUT2D eigenvalue weighted by Crippen LogP contribution is 2.02. The molecule has 94 valence electrons. The van der Waals surface area contributed by atoms with E-state index in [-0.39, 0.29) is 12.3 Å². The van der Waals surface area contributed by atoms with Crippen LogP contribution in [0.3, 0.4) is 0 Å². The van der Waals surface area contributed by atoms with Crippen molar-refractivity contribution in [3.05, 3.63) is 12.7 Å². The summed E-state index contributed by atoms with van der Waals surface area (Å²) in [5.41, 5.74) is 0. The summed E-state index contributed by atoms with van der Waals surface area (Å²) < 4.78 is 1.46. The Kier molecular flexibility index (Phi) is 5.12. The average Bonchev–Trinajstić information content (AvgIpc) is 2.80. The van der Waals surface area contributed by atoms with Crippen molar-refractivity contribution in [2.45, 2.75) is 32.2 Å². The summed E-state index contributed by atoms with van der Waals surface area (Å²) >= 11 is 0. The fraction of sp³-hybridized carbons (Fsp3) is 0.600. The van der Waals surface area contributed by atoms with Crippen molar-refractivity contribution in [2.24, 2.45) is 0 Å². The fourth-order valence-electron chi connectivity index (χ4n) is 1.30. The van der Waals surface area contributed by atoms with E-state index in [9.17, 15) is 9.59 Å². The monoisotopic (exact) mass is 240 g/mol. The molecule has 7 heteroatoms. The Morgan fingerprint density at radius 1 is 1.47 bits per heavy atom. The first-order chi connectivity index (χ1) is 8.11. The standard InChI is InChI=1S/C10H16N4O3/c1-8(14-7-11-6-13-14)10(17)12-5-3-2-4-9(15)16/h6-8H,2-5H2,1H3,(H,12,17)(H,15,16). The molecule has 1 aromatic heterocycles. The highest BCUT2D eigenvalue weighted by Gasteiger charge is 2.14. The van der Waals surface area contributed by atoms with Crippen LogP contribution in [0.25, 0.3) is 0 Å². The molecule has 0 aliphatic heterocycles. The van der Waals surface area contributed by atoms with Crippen molar-refractivity contribution >= 4 is 11.9 Å². The number of carbonyl (C=O) groups is 2. The topological polar surface area (TPSA) is 97.1 Å². The Morgan fingerprint density at radius 2 is 2.24 bits per heavy atom. The van der Waals surface area contributed by atoms with E-state index in [1.807, 2.05) is 0 Å². The van der Waals surface area contributed by atoms with Crippen LogP contribution in [0.2, 0.25) is 0 Å². The van der Waals surface area contributed by atoms with Gasteiger partial charge in [0.2, 0.25) is 5.91 Å². The predicted molar refractivity (Wildman–Crippen MR) is 59.2 cm³/mol. The maximum atomic E-state index is 11.6. The van der Waals surface area contributed by atoms with Gasteiger partial charge in [0.1, 0.15) is 18.7 Å². The number of carbonyl (C=O) groups excluding carboxylic acids is 1. The van der Waals surface area contributed by atoms with Gasteiger partial charge in [-0.25, -0.2) is 9.67 Å². The number of amides is 1. The second kappa shape index (κ2) is 6.62. The minimum atomic E-state index is -0.813. The molecular formula is C10H16N4O3. The van der Waals surface area contributed by atoms with Crippen LogP contribution in [-0.2, 0) is 9.59 Å². The van der Waals surface area contributed by atoms with E-state index >= 15 is 0 Å². The second-order valence-corrected chi connectivity index (χ2v) is 3.69. The molecule has 0 bridgehead atoms. The molecule has 1 heterocycles. The van der Waals surface area contributed by atoms with E-state index in [0.717, 1.165) is 0 Å². The van der Waals surface area contributed by atoms with Crippen LogP contribution in [0.15, 0.2) is 12.7 Å². The first-order valence-electron chi connectivity index (χ1n) is 5.45. The van der Waals surface area contributed by atoms with Gasteiger partial charge in [0.15, 0.2) is 0 Å². The summed E-state index contributed by atoms with van der Waals surface area (Å²) in [4.78, 5) is 25.6. The zero-order valence-corrected chi connectivity index (χ0v) is 9.67. The second-order valence-electron chi connectivity index (χ2n) is 3.69. The van der Waals surface area contributed by atoms with Gasteiger partial charge in [0.25, 0.3) is 0 Å². The first kappa shape index (κ1) is 13.1. The maximum absolute atomic E-state index is 11.6. The molecule has 0 radical (unpaired) electrons. The highest BCUT2D eigenvalue weighted by atomic mass is 16.4. The number of rotatable bonds is 7. The molecule has 0 aromatic carbocycles. The molecule has 0 spiro atoms. The molecule has 0 aliphatic carbocycles. The van der Waals surface area contributed by atoms with Crippen LogP contribution >= 0.6 is 0 Å². The van der Waals surface area contributed by atoms with Gasteiger partial charge in [0.05, 0.1) is 0 Å². The molecule has 1 rings (SSSR count). The van der Waals surface area contributed by atoms with Gasteiger partial charge in [0, 0.05) is 13.0 Å². The van der Waals surface area contributed by atoms with Crippen molar-refractivity contribution in [1.82, 2.24) is 20.1 Å². The van der Waals surface area contributed by atoms with Crippen molar-refractivity contribution in [3.63, 3.8) is 0 Å². The zero-order valence-electron chi connectivity index (χ0n) is 9.67. The first-order valence-corrected chi connectivity index (χ1v) is 5.45. The minimum absolute atomic E-state index is 0.133. The summed E-state index contributed by atoms with van der Waals surface area (Å²) in [6.45, 7) is 2.20. The van der Waals surface area contributed by atoms with Gasteiger partial charge in [-0.2, -0.15) is 5.10 Å². The summed E-state index contributed by atoms with van der Waals surface area (Å²) in [5, 5.41) is 15.0. The molecule has 0 saturated heterocycles. The number of hydrogen-bond donors (Lipinski definition) is 2. The molecule has 17 heavy (non-hydrogen) atoms. The number of aliphatic carboxylic acids is 1. The molecular weight excluding hydrogens is 224 g/mol. The lowest BCUT2D eigenvalue weighted by Gasteiger charge is -2.11. The third-order valence-electron chi connectivity index (χ3n) is 2.33. The fourth-order valence-corrected chi connectivity index (χ4v) is 1.30. The number of aromatic nitrogens is 3. The lowest BCUT2D eigenvalue weighted by Crippen LogP contribution is -2.32. The Labute approximate surface area is 98.8 Å². The summed E-state index contributed by atoms with van der Waals surface area (Å²) in [5.74, 6) is -0.960. The molecule has 1 unspecified atom stereocenters. The van der Waals surface area contributed by atoms with Crippen molar-refractivity contribution < 1.29 is 14.7 Å². The summed E-state index contributed by atoms with van der Waals surface area (Å²) in [6.07, 6.45) is 4.20. The van der Waals surface area contributed by atoms with Crippen molar-refractivity contribution in [2.75, 3.05) is 6.54 Å². The van der Waals surface area contributed by atoms with Gasteiger partial charge in [-0.15, -0.1) is 0 Å². The molecule has 1 atom stereocenters. The van der Waals surface area contributed by atoms with Crippen LogP contribution in [0.5, 0.6) is 0 Å². The lowest BCUT2D eigenvalue weighted by atomic mass is 10.2. The highest BCUT2D eigenvalue weighted by molar-refractivity contribution is 5.79. The third-order valence-corrected chi connectivity index (χ3v) is 2.33. The number of nitrogens with one attached hydrogen (secondary N) is 1. The molecule has 0 aliphatic rings. The number of unbranched alkanes of at least 4 members (excludes halogenated alkanes) is 1. The Bertz CT molecular complexity index is 364. The van der Waals surface area contributed by atoms with Crippen LogP contribution in [0.4, 0.5) is 0 Å². The average molecular weight is 240 g/mol. The SMILES string of the molecule is CC(C(=O)NCCCCC(=O)O)n1cncn1.